The van der Waals surface area contributed by atoms with Crippen molar-refractivity contribution in [3.8, 4) is 11.5 Å². The molecule has 0 saturated carbocycles. The van der Waals surface area contributed by atoms with Gasteiger partial charge in [-0.05, 0) is 30.3 Å². The summed E-state index contributed by atoms with van der Waals surface area (Å²) in [6, 6.07) is 11.7. The molecular formula is C25H28N4O6S. The van der Waals surface area contributed by atoms with E-state index in [0.29, 0.717) is 34.3 Å². The van der Waals surface area contributed by atoms with Crippen LogP contribution >= 0.6 is 0 Å². The van der Waals surface area contributed by atoms with Crippen molar-refractivity contribution >= 4 is 34.2 Å². The monoisotopic (exact) mass is 512 g/mol. The predicted molar refractivity (Wildman–Crippen MR) is 136 cm³/mol. The number of hydrogen-bond acceptors (Lipinski definition) is 9. The molecule has 0 aliphatic carbocycles. The third kappa shape index (κ3) is 6.79. The number of ether oxygens (including phenoxy) is 3. The molecule has 1 unspecified atom stereocenters. The lowest BCUT2D eigenvalue weighted by atomic mass is 10.2. The molecule has 0 spiro atoms. The predicted octanol–water partition coefficient (Wildman–Crippen LogP) is 3.18. The van der Waals surface area contributed by atoms with Crippen molar-refractivity contribution in [2.75, 3.05) is 38.5 Å². The fraction of sp³-hybridized carbons (Fsp3) is 0.280. The lowest BCUT2D eigenvalue weighted by molar-refractivity contribution is -0.142. The Labute approximate surface area is 212 Å². The molecule has 0 saturated heterocycles. The Morgan fingerprint density at radius 3 is 2.50 bits per heavy atom. The van der Waals surface area contributed by atoms with Crippen molar-refractivity contribution in [2.45, 2.75) is 24.3 Å². The van der Waals surface area contributed by atoms with Crippen LogP contribution in [0.25, 0.3) is 0 Å². The van der Waals surface area contributed by atoms with Crippen LogP contribution in [0.5, 0.6) is 11.5 Å². The summed E-state index contributed by atoms with van der Waals surface area (Å²) < 4.78 is 29.1. The fourth-order valence-electron chi connectivity index (χ4n) is 3.22. The summed E-state index contributed by atoms with van der Waals surface area (Å²) in [5, 5.41) is 2.93. The highest BCUT2D eigenvalue weighted by Gasteiger charge is 2.21. The Morgan fingerprint density at radius 1 is 1.06 bits per heavy atom. The number of benzene rings is 1. The first kappa shape index (κ1) is 26.6. The molecule has 11 heteroatoms. The van der Waals surface area contributed by atoms with Crippen LogP contribution in [0.2, 0.25) is 0 Å². The van der Waals surface area contributed by atoms with Gasteiger partial charge in [-0.15, -0.1) is 0 Å². The molecule has 0 aliphatic rings. The number of rotatable bonds is 10. The van der Waals surface area contributed by atoms with Gasteiger partial charge in [0.15, 0.2) is 0 Å². The van der Waals surface area contributed by atoms with Gasteiger partial charge in [-0.2, -0.15) is 0 Å². The summed E-state index contributed by atoms with van der Waals surface area (Å²) in [6.45, 7) is 1.29. The highest BCUT2D eigenvalue weighted by molar-refractivity contribution is 7.84. The minimum absolute atomic E-state index is 0.0168. The molecule has 3 rings (SSSR count). The molecule has 1 amide bonds. The Morgan fingerprint density at radius 2 is 1.83 bits per heavy atom. The number of anilines is 2. The topological polar surface area (TPSA) is 120 Å². The van der Waals surface area contributed by atoms with Crippen LogP contribution in [0.15, 0.2) is 53.7 Å². The quantitative estimate of drug-likeness (QED) is 0.408. The van der Waals surface area contributed by atoms with Gasteiger partial charge in [0, 0.05) is 44.5 Å². The number of carbonyl (C=O) groups is 2. The molecule has 1 aromatic carbocycles. The van der Waals surface area contributed by atoms with Crippen molar-refractivity contribution in [2.24, 2.45) is 0 Å². The summed E-state index contributed by atoms with van der Waals surface area (Å²) in [6.07, 6.45) is 1.50. The SMILES string of the molecule is COc1ccc(CS(=O)c2nc(N(C)C)ccc2C(=O)Nc2ccnc(COC(C)=O)c2)c(OC)c1. The summed E-state index contributed by atoms with van der Waals surface area (Å²) in [4.78, 5) is 34.7. The van der Waals surface area contributed by atoms with E-state index in [1.807, 2.05) is 14.1 Å². The van der Waals surface area contributed by atoms with Gasteiger partial charge < -0.3 is 24.4 Å². The van der Waals surface area contributed by atoms with Gasteiger partial charge in [0.2, 0.25) is 0 Å². The first-order valence-electron chi connectivity index (χ1n) is 10.9. The zero-order valence-corrected chi connectivity index (χ0v) is 21.5. The summed E-state index contributed by atoms with van der Waals surface area (Å²) >= 11 is 0. The fourth-order valence-corrected chi connectivity index (χ4v) is 4.47. The number of carbonyl (C=O) groups excluding carboxylic acids is 2. The van der Waals surface area contributed by atoms with Crippen LogP contribution in [0.1, 0.15) is 28.5 Å². The summed E-state index contributed by atoms with van der Waals surface area (Å²) in [5.74, 6) is 0.860. The molecule has 2 heterocycles. The van der Waals surface area contributed by atoms with Gasteiger partial charge in [0.25, 0.3) is 5.91 Å². The largest absolute Gasteiger partial charge is 0.497 e. The van der Waals surface area contributed by atoms with E-state index >= 15 is 0 Å². The van der Waals surface area contributed by atoms with E-state index in [0.717, 1.165) is 0 Å². The Kier molecular flexibility index (Phi) is 8.96. The second-order valence-electron chi connectivity index (χ2n) is 7.85. The van der Waals surface area contributed by atoms with Crippen molar-refractivity contribution < 1.29 is 28.0 Å². The third-order valence-electron chi connectivity index (χ3n) is 5.04. The van der Waals surface area contributed by atoms with Gasteiger partial charge in [-0.25, -0.2) is 4.98 Å². The average Bonchev–Trinajstić information content (AvgIpc) is 2.87. The normalized spacial score (nSPS) is 11.4. The zero-order chi connectivity index (χ0) is 26.2. The first-order chi connectivity index (χ1) is 17.2. The van der Waals surface area contributed by atoms with Gasteiger partial charge in [0.05, 0.1) is 42.0 Å². The van der Waals surface area contributed by atoms with Gasteiger partial charge in [-0.1, -0.05) is 6.07 Å². The Bertz CT molecular complexity index is 1280. The molecular weight excluding hydrogens is 484 g/mol. The number of aromatic nitrogens is 2. The number of pyridine rings is 2. The summed E-state index contributed by atoms with van der Waals surface area (Å²) in [7, 11) is 5.02. The third-order valence-corrected chi connectivity index (χ3v) is 6.36. The molecule has 36 heavy (non-hydrogen) atoms. The number of hydrogen-bond donors (Lipinski definition) is 1. The molecule has 0 fully saturated rings. The van der Waals surface area contributed by atoms with Crippen LogP contribution in [0.4, 0.5) is 11.5 Å². The van der Waals surface area contributed by atoms with Crippen LogP contribution in [0.3, 0.4) is 0 Å². The second kappa shape index (κ2) is 12.1. The number of methoxy groups -OCH3 is 2. The number of nitrogens with one attached hydrogen (secondary N) is 1. The van der Waals surface area contributed by atoms with E-state index in [1.54, 1.807) is 54.5 Å². The van der Waals surface area contributed by atoms with Crippen LogP contribution in [-0.2, 0) is 32.7 Å². The zero-order valence-electron chi connectivity index (χ0n) is 20.7. The second-order valence-corrected chi connectivity index (χ2v) is 9.22. The first-order valence-corrected chi connectivity index (χ1v) is 12.2. The van der Waals surface area contributed by atoms with E-state index in [-0.39, 0.29) is 22.9 Å². The highest BCUT2D eigenvalue weighted by Crippen LogP contribution is 2.28. The molecule has 1 N–H and O–H groups in total. The molecule has 2 aromatic heterocycles. The lowest BCUT2D eigenvalue weighted by Crippen LogP contribution is -2.19. The van der Waals surface area contributed by atoms with Crippen LogP contribution in [-0.4, -0.2) is 54.4 Å². The van der Waals surface area contributed by atoms with E-state index in [9.17, 15) is 13.8 Å². The molecule has 1 atom stereocenters. The molecule has 0 aliphatic heterocycles. The summed E-state index contributed by atoms with van der Waals surface area (Å²) in [5.41, 5.74) is 1.77. The minimum atomic E-state index is -1.67. The maximum atomic E-state index is 13.5. The number of nitrogens with zero attached hydrogens (tertiary/aromatic N) is 3. The molecule has 0 radical (unpaired) electrons. The van der Waals surface area contributed by atoms with Crippen molar-refractivity contribution in [3.63, 3.8) is 0 Å². The smallest absolute Gasteiger partial charge is 0.303 e. The maximum absolute atomic E-state index is 13.5. The van der Waals surface area contributed by atoms with E-state index < -0.39 is 22.7 Å². The van der Waals surface area contributed by atoms with Crippen LogP contribution in [0, 0.1) is 0 Å². The number of esters is 1. The van der Waals surface area contributed by atoms with E-state index in [4.69, 9.17) is 14.2 Å². The Balaban J connectivity index is 1.90. The molecule has 190 valence electrons. The number of amides is 1. The highest BCUT2D eigenvalue weighted by atomic mass is 32.2. The molecule has 0 bridgehead atoms. The van der Waals surface area contributed by atoms with Gasteiger partial charge in [-0.3, -0.25) is 18.8 Å². The lowest BCUT2D eigenvalue weighted by Gasteiger charge is -2.16. The van der Waals surface area contributed by atoms with Gasteiger partial charge in [0.1, 0.15) is 28.9 Å². The average molecular weight is 513 g/mol. The van der Waals surface area contributed by atoms with E-state index in [1.165, 1.54) is 20.2 Å². The molecule has 10 nitrogen and oxygen atoms in total. The van der Waals surface area contributed by atoms with Crippen molar-refractivity contribution in [3.05, 3.63) is 65.5 Å². The van der Waals surface area contributed by atoms with Crippen molar-refractivity contribution in [1.82, 2.24) is 9.97 Å². The van der Waals surface area contributed by atoms with E-state index in [2.05, 4.69) is 15.3 Å². The Hall–Kier alpha value is -3.99. The van der Waals surface area contributed by atoms with Crippen LogP contribution < -0.4 is 19.7 Å². The molecule has 3 aromatic rings. The van der Waals surface area contributed by atoms with Gasteiger partial charge >= 0.3 is 5.97 Å². The maximum Gasteiger partial charge on any atom is 0.303 e. The minimum Gasteiger partial charge on any atom is -0.497 e. The van der Waals surface area contributed by atoms with Crippen molar-refractivity contribution in [1.29, 1.82) is 0 Å². The standard InChI is InChI=1S/C25H28N4O6S/c1-16(30)35-14-19-12-18(10-11-26-19)27-24(31)21-8-9-23(29(2)3)28-25(21)36(32)15-17-6-7-20(33-4)13-22(17)34-5/h6-13H,14-15H2,1-5H3,(H,26,27,31).